The Morgan fingerprint density at radius 2 is 1.72 bits per heavy atom. The van der Waals surface area contributed by atoms with E-state index in [0.717, 1.165) is 0 Å². The molecule has 0 aromatic heterocycles. The van der Waals surface area contributed by atoms with Gasteiger partial charge in [-0.3, -0.25) is 9.69 Å². The molecule has 0 amide bonds. The first-order chi connectivity index (χ1) is 8.74. The minimum absolute atomic E-state index is 0.0153. The van der Waals surface area contributed by atoms with Gasteiger partial charge in [0.05, 0.1) is 19.3 Å². The van der Waals surface area contributed by atoms with Crippen LogP contribution in [-0.4, -0.2) is 53.2 Å². The third-order valence-electron chi connectivity index (χ3n) is 2.96. The molecule has 0 fully saturated rings. The molecule has 4 nitrogen and oxygen atoms in total. The zero-order valence-corrected chi connectivity index (χ0v) is 10.7. The molecule has 0 aliphatic rings. The third-order valence-corrected chi connectivity index (χ3v) is 2.96. The Morgan fingerprint density at radius 1 is 1.17 bits per heavy atom. The molecule has 1 unspecified atom stereocenters. The highest BCUT2D eigenvalue weighted by Gasteiger charge is 2.24. The Balaban J connectivity index is 2.83. The monoisotopic (exact) mass is 251 g/mol. The Morgan fingerprint density at radius 3 is 2.17 bits per heavy atom. The van der Waals surface area contributed by atoms with Crippen molar-refractivity contribution < 1.29 is 15.0 Å². The molecular weight excluding hydrogens is 230 g/mol. The first kappa shape index (κ1) is 14.8. The van der Waals surface area contributed by atoms with Crippen LogP contribution >= 0.6 is 0 Å². The largest absolute Gasteiger partial charge is 0.395 e. The van der Waals surface area contributed by atoms with Gasteiger partial charge in [-0.15, -0.1) is 0 Å². The second-order valence-electron chi connectivity index (χ2n) is 4.14. The van der Waals surface area contributed by atoms with Crippen LogP contribution in [0.4, 0.5) is 0 Å². The molecule has 1 atom stereocenters. The molecule has 1 rings (SSSR count). The number of rotatable bonds is 8. The summed E-state index contributed by atoms with van der Waals surface area (Å²) in [7, 11) is 0. The number of hydrogen-bond acceptors (Lipinski definition) is 4. The van der Waals surface area contributed by atoms with Crippen LogP contribution in [0.2, 0.25) is 0 Å². The highest BCUT2D eigenvalue weighted by Crippen LogP contribution is 2.12. The van der Waals surface area contributed by atoms with Crippen LogP contribution in [-0.2, 0) is 0 Å². The fourth-order valence-electron chi connectivity index (χ4n) is 2.08. The van der Waals surface area contributed by atoms with E-state index < -0.39 is 0 Å². The first-order valence-electron chi connectivity index (χ1n) is 6.29. The molecule has 0 heterocycles. The van der Waals surface area contributed by atoms with E-state index in [9.17, 15) is 4.79 Å². The van der Waals surface area contributed by atoms with E-state index in [1.165, 1.54) is 0 Å². The van der Waals surface area contributed by atoms with Crippen molar-refractivity contribution in [1.82, 2.24) is 4.90 Å². The predicted octanol–water partition coefficient (Wildman–Crippen LogP) is 0.935. The average molecular weight is 251 g/mol. The Hall–Kier alpha value is -1.23. The minimum atomic E-state index is -0.285. The highest BCUT2D eigenvalue weighted by atomic mass is 16.3. The molecule has 0 spiro atoms. The van der Waals surface area contributed by atoms with E-state index in [2.05, 4.69) is 0 Å². The molecule has 18 heavy (non-hydrogen) atoms. The molecule has 0 aliphatic heterocycles. The molecule has 4 heteroatoms. The lowest BCUT2D eigenvalue weighted by atomic mass is 10.0. The summed E-state index contributed by atoms with van der Waals surface area (Å²) in [5.41, 5.74) is 0.672. The maximum atomic E-state index is 12.4. The van der Waals surface area contributed by atoms with Crippen LogP contribution < -0.4 is 0 Å². The maximum absolute atomic E-state index is 12.4. The lowest BCUT2D eigenvalue weighted by Crippen LogP contribution is -2.44. The number of carbonyl (C=O) groups is 1. The van der Waals surface area contributed by atoms with Crippen molar-refractivity contribution in [1.29, 1.82) is 0 Å². The number of aliphatic hydroxyl groups is 2. The smallest absolute Gasteiger partial charge is 0.179 e. The maximum Gasteiger partial charge on any atom is 0.179 e. The van der Waals surface area contributed by atoms with E-state index in [1.807, 2.05) is 30.0 Å². The topological polar surface area (TPSA) is 60.8 Å². The van der Waals surface area contributed by atoms with Crippen molar-refractivity contribution in [2.75, 3.05) is 26.3 Å². The number of ketones is 1. The SMILES string of the molecule is CCC(C(=O)c1ccccc1)N(CCO)CCO. The van der Waals surface area contributed by atoms with Gasteiger partial charge in [0.2, 0.25) is 0 Å². The summed E-state index contributed by atoms with van der Waals surface area (Å²) >= 11 is 0. The quantitative estimate of drug-likeness (QED) is 0.675. The van der Waals surface area contributed by atoms with Gasteiger partial charge in [0.25, 0.3) is 0 Å². The second-order valence-corrected chi connectivity index (χ2v) is 4.14. The summed E-state index contributed by atoms with van der Waals surface area (Å²) in [5, 5.41) is 18.1. The number of benzene rings is 1. The number of Topliss-reactive ketones (excluding diaryl/α,β-unsaturated/α-hetero) is 1. The third kappa shape index (κ3) is 3.91. The highest BCUT2D eigenvalue weighted by molar-refractivity contribution is 6.00. The van der Waals surface area contributed by atoms with Gasteiger partial charge in [-0.05, 0) is 6.42 Å². The second kappa shape index (κ2) is 7.97. The van der Waals surface area contributed by atoms with Crippen molar-refractivity contribution >= 4 is 5.78 Å². The summed E-state index contributed by atoms with van der Waals surface area (Å²) in [5.74, 6) is 0.0417. The first-order valence-corrected chi connectivity index (χ1v) is 6.29. The molecular formula is C14H21NO3. The standard InChI is InChI=1S/C14H21NO3/c1-2-13(15(8-10-16)9-11-17)14(18)12-6-4-3-5-7-12/h3-7,13,16-17H,2,8-11H2,1H3. The number of nitrogens with zero attached hydrogens (tertiary/aromatic N) is 1. The van der Waals surface area contributed by atoms with Gasteiger partial charge in [-0.2, -0.15) is 0 Å². The zero-order valence-electron chi connectivity index (χ0n) is 10.7. The molecule has 1 aromatic carbocycles. The lowest BCUT2D eigenvalue weighted by molar-refractivity contribution is 0.0733. The van der Waals surface area contributed by atoms with Crippen molar-refractivity contribution in [2.24, 2.45) is 0 Å². The summed E-state index contributed by atoms with van der Waals surface area (Å²) < 4.78 is 0. The predicted molar refractivity (Wildman–Crippen MR) is 70.6 cm³/mol. The van der Waals surface area contributed by atoms with Gasteiger partial charge in [-0.1, -0.05) is 37.3 Å². The van der Waals surface area contributed by atoms with Crippen LogP contribution in [0.3, 0.4) is 0 Å². The van der Waals surface area contributed by atoms with Gasteiger partial charge >= 0.3 is 0 Å². The Bertz CT molecular complexity index is 347. The molecule has 100 valence electrons. The van der Waals surface area contributed by atoms with Crippen molar-refractivity contribution in [3.63, 3.8) is 0 Å². The molecule has 0 aliphatic carbocycles. The summed E-state index contributed by atoms with van der Waals surface area (Å²) in [6, 6.07) is 8.84. The van der Waals surface area contributed by atoms with E-state index in [0.29, 0.717) is 25.1 Å². The fourth-order valence-corrected chi connectivity index (χ4v) is 2.08. The number of carbonyl (C=O) groups excluding carboxylic acids is 1. The van der Waals surface area contributed by atoms with Gasteiger partial charge in [0.15, 0.2) is 5.78 Å². The van der Waals surface area contributed by atoms with Crippen LogP contribution in [0.25, 0.3) is 0 Å². The molecule has 0 saturated carbocycles. The van der Waals surface area contributed by atoms with Crippen molar-refractivity contribution in [3.8, 4) is 0 Å². The Labute approximate surface area is 108 Å². The lowest BCUT2D eigenvalue weighted by Gasteiger charge is -2.28. The summed E-state index contributed by atoms with van der Waals surface area (Å²) in [6.07, 6.45) is 0.660. The van der Waals surface area contributed by atoms with Crippen molar-refractivity contribution in [2.45, 2.75) is 19.4 Å². The normalized spacial score (nSPS) is 12.7. The molecule has 0 saturated heterocycles. The van der Waals surface area contributed by atoms with E-state index >= 15 is 0 Å². The Kier molecular flexibility index (Phi) is 6.57. The van der Waals surface area contributed by atoms with E-state index in [1.54, 1.807) is 12.1 Å². The van der Waals surface area contributed by atoms with Crippen LogP contribution in [0.5, 0.6) is 0 Å². The molecule has 1 aromatic rings. The summed E-state index contributed by atoms with van der Waals surface area (Å²) in [4.78, 5) is 14.2. The zero-order chi connectivity index (χ0) is 13.4. The number of aliphatic hydroxyl groups excluding tert-OH is 2. The molecule has 0 radical (unpaired) electrons. The average Bonchev–Trinajstić information content (AvgIpc) is 2.41. The van der Waals surface area contributed by atoms with Gasteiger partial charge in [0, 0.05) is 18.7 Å². The fraction of sp³-hybridized carbons (Fsp3) is 0.500. The van der Waals surface area contributed by atoms with Crippen LogP contribution in [0.15, 0.2) is 30.3 Å². The van der Waals surface area contributed by atoms with Gasteiger partial charge in [0.1, 0.15) is 0 Å². The summed E-state index contributed by atoms with van der Waals surface area (Å²) in [6.45, 7) is 2.71. The van der Waals surface area contributed by atoms with E-state index in [-0.39, 0.29) is 25.0 Å². The minimum Gasteiger partial charge on any atom is -0.395 e. The number of hydrogen-bond donors (Lipinski definition) is 2. The van der Waals surface area contributed by atoms with Gasteiger partial charge in [-0.25, -0.2) is 0 Å². The molecule has 0 bridgehead atoms. The van der Waals surface area contributed by atoms with E-state index in [4.69, 9.17) is 10.2 Å². The van der Waals surface area contributed by atoms with Crippen LogP contribution in [0, 0.1) is 0 Å². The van der Waals surface area contributed by atoms with Gasteiger partial charge < -0.3 is 10.2 Å². The van der Waals surface area contributed by atoms with Crippen molar-refractivity contribution in [3.05, 3.63) is 35.9 Å². The molecule has 2 N–H and O–H groups in total. The van der Waals surface area contributed by atoms with Crippen LogP contribution in [0.1, 0.15) is 23.7 Å².